The summed E-state index contributed by atoms with van der Waals surface area (Å²) in [6, 6.07) is 7.66. The highest BCUT2D eigenvalue weighted by molar-refractivity contribution is 7.09. The maximum atomic E-state index is 13.0. The molecule has 25 heavy (non-hydrogen) atoms. The number of hydrogen-bond acceptors (Lipinski definition) is 3. The monoisotopic (exact) mass is 384 g/mol. The van der Waals surface area contributed by atoms with Crippen LogP contribution in [0, 0.1) is 5.82 Å². The van der Waals surface area contributed by atoms with E-state index in [1.807, 2.05) is 24.4 Å². The third kappa shape index (κ3) is 6.45. The van der Waals surface area contributed by atoms with Gasteiger partial charge in [0.15, 0.2) is 13.1 Å². The van der Waals surface area contributed by atoms with Crippen molar-refractivity contribution in [2.75, 3.05) is 25.0 Å². The maximum absolute atomic E-state index is 13.0. The van der Waals surface area contributed by atoms with Crippen molar-refractivity contribution in [2.45, 2.75) is 13.5 Å². The van der Waals surface area contributed by atoms with Crippen LogP contribution < -0.4 is 15.5 Å². The smallest absolute Gasteiger partial charge is 0.279 e. The van der Waals surface area contributed by atoms with E-state index < -0.39 is 5.82 Å². The van der Waals surface area contributed by atoms with E-state index in [9.17, 15) is 14.0 Å². The van der Waals surface area contributed by atoms with Crippen LogP contribution in [0.25, 0.3) is 0 Å². The lowest BCUT2D eigenvalue weighted by atomic mass is 10.3. The highest BCUT2D eigenvalue weighted by Crippen LogP contribution is 2.21. The average Bonchev–Trinajstić information content (AvgIpc) is 3.08. The fourth-order valence-electron chi connectivity index (χ4n) is 2.21. The van der Waals surface area contributed by atoms with Crippen molar-refractivity contribution in [3.63, 3.8) is 0 Å². The molecule has 0 aliphatic heterocycles. The Balaban J connectivity index is 1.81. The topological polar surface area (TPSA) is 62.6 Å². The van der Waals surface area contributed by atoms with Gasteiger partial charge >= 0.3 is 0 Å². The Morgan fingerprint density at radius 3 is 2.64 bits per heavy atom. The predicted molar refractivity (Wildman–Crippen MR) is 97.4 cm³/mol. The number of nitrogens with one attached hydrogen (secondary N) is 3. The summed E-state index contributed by atoms with van der Waals surface area (Å²) in [6.45, 7) is 3.34. The SMILES string of the molecule is CC[NH+](CC(=O)NCc1cccs1)CC(=O)Nc1ccc(F)cc1Cl. The van der Waals surface area contributed by atoms with E-state index in [1.54, 1.807) is 11.3 Å². The van der Waals surface area contributed by atoms with Gasteiger partial charge in [-0.15, -0.1) is 11.3 Å². The van der Waals surface area contributed by atoms with Crippen molar-refractivity contribution in [1.82, 2.24) is 5.32 Å². The van der Waals surface area contributed by atoms with Crippen molar-refractivity contribution in [3.05, 3.63) is 51.4 Å². The zero-order chi connectivity index (χ0) is 18.2. The van der Waals surface area contributed by atoms with Crippen LogP contribution in [-0.4, -0.2) is 31.4 Å². The van der Waals surface area contributed by atoms with Crippen LogP contribution in [0.4, 0.5) is 10.1 Å². The van der Waals surface area contributed by atoms with E-state index >= 15 is 0 Å². The molecule has 0 spiro atoms. The molecule has 1 unspecified atom stereocenters. The second kappa shape index (κ2) is 9.50. The third-order valence-electron chi connectivity index (χ3n) is 3.57. The van der Waals surface area contributed by atoms with Gasteiger partial charge in [0, 0.05) is 4.88 Å². The molecule has 0 saturated carbocycles. The molecule has 0 aliphatic carbocycles. The average molecular weight is 385 g/mol. The van der Waals surface area contributed by atoms with Crippen LogP contribution in [0.15, 0.2) is 35.7 Å². The van der Waals surface area contributed by atoms with E-state index in [1.165, 1.54) is 12.1 Å². The van der Waals surface area contributed by atoms with E-state index in [0.29, 0.717) is 18.8 Å². The van der Waals surface area contributed by atoms with Crippen molar-refractivity contribution < 1.29 is 18.9 Å². The lowest BCUT2D eigenvalue weighted by molar-refractivity contribution is -0.881. The van der Waals surface area contributed by atoms with Gasteiger partial charge < -0.3 is 15.5 Å². The summed E-state index contributed by atoms with van der Waals surface area (Å²) in [5.41, 5.74) is 0.352. The molecule has 1 atom stereocenters. The minimum absolute atomic E-state index is 0.113. The summed E-state index contributed by atoms with van der Waals surface area (Å²) in [5, 5.41) is 7.58. The molecule has 1 aromatic carbocycles. The fourth-order valence-corrected chi connectivity index (χ4v) is 3.07. The molecule has 1 heterocycles. The van der Waals surface area contributed by atoms with E-state index in [0.717, 1.165) is 15.8 Å². The van der Waals surface area contributed by atoms with Crippen LogP contribution >= 0.6 is 22.9 Å². The number of carbonyl (C=O) groups excluding carboxylic acids is 2. The predicted octanol–water partition coefficient (Wildman–Crippen LogP) is 1.70. The van der Waals surface area contributed by atoms with Gasteiger partial charge in [-0.2, -0.15) is 0 Å². The molecular formula is C17H20ClFN3O2S+. The van der Waals surface area contributed by atoms with Crippen LogP contribution in [0.1, 0.15) is 11.8 Å². The number of halogens is 2. The van der Waals surface area contributed by atoms with Gasteiger partial charge in [0.05, 0.1) is 23.8 Å². The largest absolute Gasteiger partial charge is 0.346 e. The van der Waals surface area contributed by atoms with Crippen LogP contribution in [0.5, 0.6) is 0 Å². The van der Waals surface area contributed by atoms with Gasteiger partial charge in [0.25, 0.3) is 11.8 Å². The molecule has 1 aromatic heterocycles. The molecular weight excluding hydrogens is 365 g/mol. The molecule has 0 fully saturated rings. The second-order valence-corrected chi connectivity index (χ2v) is 6.92. The molecule has 0 radical (unpaired) electrons. The Hall–Kier alpha value is -1.96. The number of hydrogen-bond donors (Lipinski definition) is 3. The van der Waals surface area contributed by atoms with Crippen LogP contribution in [0.2, 0.25) is 5.02 Å². The highest BCUT2D eigenvalue weighted by atomic mass is 35.5. The van der Waals surface area contributed by atoms with E-state index in [-0.39, 0.29) is 29.9 Å². The van der Waals surface area contributed by atoms with E-state index in [4.69, 9.17) is 11.6 Å². The number of carbonyl (C=O) groups is 2. The summed E-state index contributed by atoms with van der Waals surface area (Å²) in [5.74, 6) is -0.861. The standard InChI is InChI=1S/C17H19ClFN3O2S/c1-2-22(10-16(23)20-9-13-4-3-7-25-13)11-17(24)21-15-6-5-12(19)8-14(15)18/h3-8H,2,9-11H2,1H3,(H,20,23)(H,21,24)/p+1. The molecule has 5 nitrogen and oxygen atoms in total. The molecule has 2 amide bonds. The number of amides is 2. The fraction of sp³-hybridized carbons (Fsp3) is 0.294. The van der Waals surface area contributed by atoms with E-state index in [2.05, 4.69) is 10.6 Å². The van der Waals surface area contributed by atoms with Crippen molar-refractivity contribution >= 4 is 40.4 Å². The Morgan fingerprint density at radius 2 is 2.00 bits per heavy atom. The molecule has 0 bridgehead atoms. The maximum Gasteiger partial charge on any atom is 0.279 e. The lowest BCUT2D eigenvalue weighted by Gasteiger charge is -2.17. The van der Waals surface area contributed by atoms with Gasteiger partial charge in [0.1, 0.15) is 5.82 Å². The molecule has 2 aromatic rings. The first-order valence-electron chi connectivity index (χ1n) is 7.85. The summed E-state index contributed by atoms with van der Waals surface area (Å²) in [4.78, 5) is 26.0. The van der Waals surface area contributed by atoms with Gasteiger partial charge in [-0.1, -0.05) is 17.7 Å². The summed E-state index contributed by atoms with van der Waals surface area (Å²) < 4.78 is 13.0. The van der Waals surface area contributed by atoms with Gasteiger partial charge in [-0.25, -0.2) is 4.39 Å². The Morgan fingerprint density at radius 1 is 1.24 bits per heavy atom. The number of thiophene rings is 1. The minimum atomic E-state index is -0.466. The Bertz CT molecular complexity index is 725. The van der Waals surface area contributed by atoms with Crippen LogP contribution in [0.3, 0.4) is 0 Å². The first-order valence-corrected chi connectivity index (χ1v) is 9.11. The number of quaternary nitrogens is 1. The molecule has 2 rings (SSSR count). The Labute approximate surface area is 154 Å². The highest BCUT2D eigenvalue weighted by Gasteiger charge is 2.17. The first kappa shape index (κ1) is 19.4. The molecule has 8 heteroatoms. The molecule has 134 valence electrons. The van der Waals surface area contributed by atoms with Crippen molar-refractivity contribution in [3.8, 4) is 0 Å². The normalized spacial score (nSPS) is 11.8. The van der Waals surface area contributed by atoms with Crippen LogP contribution in [-0.2, 0) is 16.1 Å². The second-order valence-electron chi connectivity index (χ2n) is 5.49. The number of rotatable bonds is 8. The van der Waals surface area contributed by atoms with Gasteiger partial charge in [0.2, 0.25) is 0 Å². The summed E-state index contributed by atoms with van der Waals surface area (Å²) in [6.07, 6.45) is 0. The van der Waals surface area contributed by atoms with Gasteiger partial charge in [-0.3, -0.25) is 9.59 Å². The van der Waals surface area contributed by atoms with Crippen molar-refractivity contribution in [2.24, 2.45) is 0 Å². The zero-order valence-corrected chi connectivity index (χ0v) is 15.3. The molecule has 0 aliphatic rings. The number of benzene rings is 1. The quantitative estimate of drug-likeness (QED) is 0.648. The number of anilines is 1. The molecule has 0 saturated heterocycles. The third-order valence-corrected chi connectivity index (χ3v) is 4.76. The number of likely N-dealkylation sites (N-methyl/N-ethyl adjacent to an activating group) is 1. The first-order chi connectivity index (χ1) is 12.0. The Kier molecular flexibility index (Phi) is 7.36. The van der Waals surface area contributed by atoms with Gasteiger partial charge in [-0.05, 0) is 36.6 Å². The summed E-state index contributed by atoms with van der Waals surface area (Å²) >= 11 is 7.47. The molecule has 3 N–H and O–H groups in total. The van der Waals surface area contributed by atoms with Crippen molar-refractivity contribution in [1.29, 1.82) is 0 Å². The lowest BCUT2D eigenvalue weighted by Crippen LogP contribution is -3.13. The zero-order valence-electron chi connectivity index (χ0n) is 13.8. The minimum Gasteiger partial charge on any atom is -0.346 e. The summed E-state index contributed by atoms with van der Waals surface area (Å²) in [7, 11) is 0.